The van der Waals surface area contributed by atoms with Gasteiger partial charge in [0.1, 0.15) is 5.82 Å². The number of anilines is 1. The maximum Gasteiger partial charge on any atom is 0.161 e. The molecule has 0 aliphatic carbocycles. The quantitative estimate of drug-likeness (QED) is 0.743. The first-order chi connectivity index (χ1) is 10.7. The van der Waals surface area contributed by atoms with Crippen LogP contribution in [0.2, 0.25) is 0 Å². The molecule has 0 spiro atoms. The highest BCUT2D eigenvalue weighted by molar-refractivity contribution is 5.99. The molecule has 0 aromatic heterocycles. The number of hydrogen-bond donors (Lipinski definition) is 0. The minimum atomic E-state index is -0.333. The molecular weight excluding hydrogens is 289 g/mol. The van der Waals surface area contributed by atoms with Gasteiger partial charge in [0, 0.05) is 19.2 Å². The molecule has 0 N–H and O–H groups in total. The lowest BCUT2D eigenvalue weighted by Crippen LogP contribution is -2.19. The summed E-state index contributed by atoms with van der Waals surface area (Å²) in [6, 6.07) is 12.7. The van der Waals surface area contributed by atoms with Crippen LogP contribution in [0.5, 0.6) is 0 Å². The largest absolute Gasteiger partial charge is 0.370 e. The molecule has 0 aliphatic rings. The highest BCUT2D eigenvalue weighted by Crippen LogP contribution is 2.25. The summed E-state index contributed by atoms with van der Waals surface area (Å²) in [7, 11) is 1.87. The monoisotopic (exact) mass is 313 g/mol. The van der Waals surface area contributed by atoms with E-state index in [0.717, 1.165) is 5.56 Å². The summed E-state index contributed by atoms with van der Waals surface area (Å²) in [6.07, 6.45) is 0. The SMILES string of the molecule is CC(=O)c1ccc(F)cc1N(C)Cc1ccc(C(C)(C)C)cc1. The normalized spacial score (nSPS) is 11.4. The molecule has 0 heterocycles. The van der Waals surface area contributed by atoms with Crippen molar-refractivity contribution in [1.82, 2.24) is 0 Å². The van der Waals surface area contributed by atoms with Crippen molar-refractivity contribution in [2.75, 3.05) is 11.9 Å². The number of ketones is 1. The Balaban J connectivity index is 2.24. The van der Waals surface area contributed by atoms with Crippen LogP contribution in [-0.2, 0) is 12.0 Å². The summed E-state index contributed by atoms with van der Waals surface area (Å²) in [5.74, 6) is -0.394. The van der Waals surface area contributed by atoms with Crippen LogP contribution in [0.15, 0.2) is 42.5 Å². The molecule has 0 bridgehead atoms. The average molecular weight is 313 g/mol. The molecule has 0 saturated carbocycles. The van der Waals surface area contributed by atoms with Gasteiger partial charge in [-0.3, -0.25) is 4.79 Å². The minimum absolute atomic E-state index is 0.0602. The van der Waals surface area contributed by atoms with Gasteiger partial charge in [-0.25, -0.2) is 4.39 Å². The van der Waals surface area contributed by atoms with Crippen LogP contribution in [0.4, 0.5) is 10.1 Å². The predicted molar refractivity (Wildman–Crippen MR) is 93.7 cm³/mol. The van der Waals surface area contributed by atoms with Gasteiger partial charge in [-0.15, -0.1) is 0 Å². The molecule has 0 atom stereocenters. The molecule has 2 aromatic carbocycles. The molecule has 122 valence electrons. The topological polar surface area (TPSA) is 20.3 Å². The van der Waals surface area contributed by atoms with E-state index in [9.17, 15) is 9.18 Å². The molecule has 0 amide bonds. The number of hydrogen-bond acceptors (Lipinski definition) is 2. The van der Waals surface area contributed by atoms with Gasteiger partial charge in [0.05, 0.1) is 5.69 Å². The molecule has 0 fully saturated rings. The molecule has 2 rings (SSSR count). The van der Waals surface area contributed by atoms with Crippen molar-refractivity contribution < 1.29 is 9.18 Å². The summed E-state index contributed by atoms with van der Waals surface area (Å²) in [5.41, 5.74) is 3.69. The molecule has 2 nitrogen and oxygen atoms in total. The Kier molecular flexibility index (Phi) is 4.88. The molecular formula is C20H24FNO. The van der Waals surface area contributed by atoms with Crippen LogP contribution in [0.3, 0.4) is 0 Å². The third-order valence-corrected chi connectivity index (χ3v) is 3.99. The second-order valence-corrected chi connectivity index (χ2v) is 7.02. The van der Waals surface area contributed by atoms with Gasteiger partial charge < -0.3 is 4.90 Å². The first kappa shape index (κ1) is 17.2. The van der Waals surface area contributed by atoms with Crippen molar-refractivity contribution >= 4 is 11.5 Å². The summed E-state index contributed by atoms with van der Waals surface area (Å²) < 4.78 is 13.6. The molecule has 0 aliphatic heterocycles. The Morgan fingerprint density at radius 1 is 1.09 bits per heavy atom. The van der Waals surface area contributed by atoms with Crippen LogP contribution in [0.25, 0.3) is 0 Å². The Hall–Kier alpha value is -2.16. The Morgan fingerprint density at radius 2 is 1.70 bits per heavy atom. The van der Waals surface area contributed by atoms with Gasteiger partial charge >= 0.3 is 0 Å². The second kappa shape index (κ2) is 6.53. The first-order valence-electron chi connectivity index (χ1n) is 7.79. The summed E-state index contributed by atoms with van der Waals surface area (Å²) in [6.45, 7) is 8.66. The van der Waals surface area contributed by atoms with Crippen molar-refractivity contribution in [3.8, 4) is 0 Å². The van der Waals surface area contributed by atoms with Gasteiger partial charge in [-0.2, -0.15) is 0 Å². The lowest BCUT2D eigenvalue weighted by molar-refractivity contribution is 0.101. The van der Waals surface area contributed by atoms with Gasteiger partial charge in [-0.05, 0) is 41.7 Å². The average Bonchev–Trinajstić information content (AvgIpc) is 2.46. The second-order valence-electron chi connectivity index (χ2n) is 7.02. The Morgan fingerprint density at radius 3 is 2.22 bits per heavy atom. The zero-order valence-corrected chi connectivity index (χ0v) is 14.5. The van der Waals surface area contributed by atoms with Crippen molar-refractivity contribution in [3.63, 3.8) is 0 Å². The van der Waals surface area contributed by atoms with E-state index in [1.807, 2.05) is 11.9 Å². The standard InChI is InChI=1S/C20H24FNO/c1-14(23)18-11-10-17(21)12-19(18)22(5)13-15-6-8-16(9-7-15)20(2,3)4/h6-12H,13H2,1-5H3. The third kappa shape index (κ3) is 4.19. The van der Waals surface area contributed by atoms with E-state index >= 15 is 0 Å². The smallest absolute Gasteiger partial charge is 0.161 e. The van der Waals surface area contributed by atoms with E-state index in [1.54, 1.807) is 6.07 Å². The van der Waals surface area contributed by atoms with Crippen LogP contribution in [0.1, 0.15) is 49.2 Å². The highest BCUT2D eigenvalue weighted by Gasteiger charge is 2.15. The number of carbonyl (C=O) groups is 1. The molecule has 0 saturated heterocycles. The van der Waals surface area contributed by atoms with Crippen molar-refractivity contribution in [1.29, 1.82) is 0 Å². The lowest BCUT2D eigenvalue weighted by atomic mass is 9.87. The van der Waals surface area contributed by atoms with E-state index < -0.39 is 0 Å². The van der Waals surface area contributed by atoms with Crippen molar-refractivity contribution in [3.05, 3.63) is 65.0 Å². The Labute approximate surface area is 137 Å². The maximum atomic E-state index is 13.6. The maximum absolute atomic E-state index is 13.6. The molecule has 3 heteroatoms. The van der Waals surface area contributed by atoms with E-state index in [1.165, 1.54) is 24.6 Å². The fourth-order valence-corrected chi connectivity index (χ4v) is 2.59. The summed E-state index contributed by atoms with van der Waals surface area (Å²) in [5, 5.41) is 0. The fourth-order valence-electron chi connectivity index (χ4n) is 2.59. The molecule has 2 aromatic rings. The van der Waals surface area contributed by atoms with Crippen molar-refractivity contribution in [2.45, 2.75) is 39.7 Å². The minimum Gasteiger partial charge on any atom is -0.370 e. The molecule has 23 heavy (non-hydrogen) atoms. The third-order valence-electron chi connectivity index (χ3n) is 3.99. The van der Waals surface area contributed by atoms with E-state index in [0.29, 0.717) is 17.8 Å². The Bertz CT molecular complexity index is 699. The van der Waals surface area contributed by atoms with E-state index in [-0.39, 0.29) is 17.0 Å². The zero-order valence-electron chi connectivity index (χ0n) is 14.5. The lowest BCUT2D eigenvalue weighted by Gasteiger charge is -2.23. The van der Waals surface area contributed by atoms with Gasteiger partial charge in [0.15, 0.2) is 5.78 Å². The summed E-state index contributed by atoms with van der Waals surface area (Å²) >= 11 is 0. The first-order valence-corrected chi connectivity index (χ1v) is 7.79. The number of Topliss-reactive ketones (excluding diaryl/α,β-unsaturated/α-hetero) is 1. The van der Waals surface area contributed by atoms with Gasteiger partial charge in [0.25, 0.3) is 0 Å². The van der Waals surface area contributed by atoms with Crippen LogP contribution in [0, 0.1) is 5.82 Å². The number of carbonyl (C=O) groups excluding carboxylic acids is 1. The van der Waals surface area contributed by atoms with E-state index in [4.69, 9.17) is 0 Å². The predicted octanol–water partition coefficient (Wildman–Crippen LogP) is 4.96. The highest BCUT2D eigenvalue weighted by atomic mass is 19.1. The molecule has 0 unspecified atom stereocenters. The van der Waals surface area contributed by atoms with Crippen LogP contribution >= 0.6 is 0 Å². The number of halogens is 1. The van der Waals surface area contributed by atoms with Crippen molar-refractivity contribution in [2.24, 2.45) is 0 Å². The fraction of sp³-hybridized carbons (Fsp3) is 0.350. The molecule has 0 radical (unpaired) electrons. The number of rotatable bonds is 4. The van der Waals surface area contributed by atoms with E-state index in [2.05, 4.69) is 45.0 Å². The number of nitrogens with zero attached hydrogens (tertiary/aromatic N) is 1. The summed E-state index contributed by atoms with van der Waals surface area (Å²) in [4.78, 5) is 13.6. The van der Waals surface area contributed by atoms with Gasteiger partial charge in [-0.1, -0.05) is 45.0 Å². The van der Waals surface area contributed by atoms with Crippen LogP contribution < -0.4 is 4.90 Å². The van der Waals surface area contributed by atoms with Crippen LogP contribution in [-0.4, -0.2) is 12.8 Å². The zero-order chi connectivity index (χ0) is 17.2. The van der Waals surface area contributed by atoms with Gasteiger partial charge in [0.2, 0.25) is 0 Å². The number of benzene rings is 2.